The van der Waals surface area contributed by atoms with Crippen molar-refractivity contribution in [2.24, 2.45) is 0 Å². The molecule has 0 radical (unpaired) electrons. The summed E-state index contributed by atoms with van der Waals surface area (Å²) in [5, 5.41) is 59.7. The van der Waals surface area contributed by atoms with E-state index < -0.39 is 54.6 Å². The Balaban J connectivity index is 2.72. The molecule has 0 bridgehead atoms. The monoisotopic (exact) mass is 418 g/mol. The van der Waals surface area contributed by atoms with Gasteiger partial charge in [-0.2, -0.15) is 0 Å². The minimum Gasteiger partial charge on any atom is -0.394 e. The van der Waals surface area contributed by atoms with Crippen LogP contribution in [0.25, 0.3) is 0 Å². The maximum Gasteiger partial charge on any atom is 0.187 e. The van der Waals surface area contributed by atoms with Crippen molar-refractivity contribution in [1.82, 2.24) is 0 Å². The largest absolute Gasteiger partial charge is 0.394 e. The van der Waals surface area contributed by atoms with Crippen molar-refractivity contribution in [3.8, 4) is 0 Å². The average Bonchev–Trinajstić information content (AvgIpc) is 2.63. The van der Waals surface area contributed by atoms with E-state index in [1.54, 1.807) is 20.8 Å². The van der Waals surface area contributed by atoms with Crippen LogP contribution >= 0.6 is 0 Å². The van der Waals surface area contributed by atoms with E-state index in [4.69, 9.17) is 9.47 Å². The van der Waals surface area contributed by atoms with Gasteiger partial charge in [0.1, 0.15) is 24.4 Å². The summed E-state index contributed by atoms with van der Waals surface area (Å²) in [6.45, 7) is 9.84. The van der Waals surface area contributed by atoms with Gasteiger partial charge < -0.3 is 40.1 Å². The van der Waals surface area contributed by atoms with Crippen molar-refractivity contribution < 1.29 is 40.1 Å². The molecule has 0 aromatic heterocycles. The van der Waals surface area contributed by atoms with Crippen molar-refractivity contribution >= 4 is 0 Å². The normalized spacial score (nSPS) is 31.9. The number of hydrogen-bond donors (Lipinski definition) is 6. The van der Waals surface area contributed by atoms with Crippen LogP contribution in [0, 0.1) is 0 Å². The Morgan fingerprint density at radius 2 is 1.76 bits per heavy atom. The number of aliphatic hydroxyl groups is 6. The maximum absolute atomic E-state index is 10.5. The summed E-state index contributed by atoms with van der Waals surface area (Å²) in [5.41, 5.74) is -1.12. The standard InChI is InChI=1S/C21H38O8/c1-6-21(5,27)11-7-8-13(2)9-10-15(20(3,4)26)29-19-18(25)17(24)16(23)14(12-22)28-19/h6,8,14-19,22-27H,1,7,9-12H2,2-5H3/b13-8+/t14-,15+,16+,17-,18+,19-,21+/m0/s1. The van der Waals surface area contributed by atoms with E-state index in [9.17, 15) is 30.6 Å². The predicted molar refractivity (Wildman–Crippen MR) is 108 cm³/mol. The van der Waals surface area contributed by atoms with Gasteiger partial charge in [0.05, 0.1) is 23.9 Å². The molecule has 0 unspecified atom stereocenters. The Kier molecular flexibility index (Phi) is 9.91. The third kappa shape index (κ3) is 8.07. The molecule has 0 aliphatic carbocycles. The molecule has 0 amide bonds. The first-order chi connectivity index (χ1) is 13.3. The lowest BCUT2D eigenvalue weighted by atomic mass is 9.94. The molecule has 1 saturated heterocycles. The van der Waals surface area contributed by atoms with Crippen LogP contribution in [0.2, 0.25) is 0 Å². The predicted octanol–water partition coefficient (Wildman–Crippen LogP) is 0.386. The summed E-state index contributed by atoms with van der Waals surface area (Å²) in [6.07, 6.45) is -1.87. The fourth-order valence-corrected chi connectivity index (χ4v) is 3.10. The SMILES string of the molecule is C=C[C@@](C)(O)CC/C=C(\C)CC[C@@H](O[C@@H]1O[C@@H](CO)[C@@H](O)[C@H](O)[C@H]1O)C(C)(C)O. The summed E-state index contributed by atoms with van der Waals surface area (Å²) >= 11 is 0. The smallest absolute Gasteiger partial charge is 0.187 e. The molecule has 0 spiro atoms. The molecule has 0 aromatic rings. The van der Waals surface area contributed by atoms with Crippen molar-refractivity contribution in [2.75, 3.05) is 6.61 Å². The molecule has 29 heavy (non-hydrogen) atoms. The summed E-state index contributed by atoms with van der Waals surface area (Å²) in [7, 11) is 0. The molecule has 1 heterocycles. The van der Waals surface area contributed by atoms with E-state index in [1.807, 2.05) is 13.0 Å². The van der Waals surface area contributed by atoms with Crippen molar-refractivity contribution in [3.05, 3.63) is 24.3 Å². The Morgan fingerprint density at radius 3 is 2.28 bits per heavy atom. The summed E-state index contributed by atoms with van der Waals surface area (Å²) in [6, 6.07) is 0. The van der Waals surface area contributed by atoms with Crippen LogP contribution in [0.4, 0.5) is 0 Å². The second kappa shape index (κ2) is 11.0. The van der Waals surface area contributed by atoms with Gasteiger partial charge in [0, 0.05) is 0 Å². The van der Waals surface area contributed by atoms with Crippen molar-refractivity contribution in [1.29, 1.82) is 0 Å². The summed E-state index contributed by atoms with van der Waals surface area (Å²) in [5.74, 6) is 0. The van der Waals surface area contributed by atoms with Gasteiger partial charge in [-0.25, -0.2) is 0 Å². The zero-order valence-electron chi connectivity index (χ0n) is 17.9. The van der Waals surface area contributed by atoms with Gasteiger partial charge in [-0.05, 0) is 53.4 Å². The van der Waals surface area contributed by atoms with Crippen LogP contribution in [0.3, 0.4) is 0 Å². The van der Waals surface area contributed by atoms with Gasteiger partial charge in [-0.3, -0.25) is 0 Å². The minimum atomic E-state index is -1.53. The van der Waals surface area contributed by atoms with E-state index in [1.165, 1.54) is 6.08 Å². The van der Waals surface area contributed by atoms with Crippen LogP contribution in [-0.4, -0.2) is 85.3 Å². The molecule has 7 atom stereocenters. The van der Waals surface area contributed by atoms with Gasteiger partial charge >= 0.3 is 0 Å². The zero-order valence-corrected chi connectivity index (χ0v) is 17.9. The first-order valence-corrected chi connectivity index (χ1v) is 10.0. The van der Waals surface area contributed by atoms with Gasteiger partial charge in [-0.1, -0.05) is 17.7 Å². The van der Waals surface area contributed by atoms with E-state index >= 15 is 0 Å². The average molecular weight is 419 g/mol. The number of ether oxygens (including phenoxy) is 2. The zero-order chi connectivity index (χ0) is 22.4. The third-order valence-electron chi connectivity index (χ3n) is 5.32. The van der Waals surface area contributed by atoms with Crippen molar-refractivity contribution in [3.63, 3.8) is 0 Å². The van der Waals surface area contributed by atoms with E-state index in [2.05, 4.69) is 6.58 Å². The van der Waals surface area contributed by atoms with Gasteiger partial charge in [-0.15, -0.1) is 6.58 Å². The Labute approximate surface area is 173 Å². The Morgan fingerprint density at radius 1 is 1.14 bits per heavy atom. The molecular formula is C21H38O8. The minimum absolute atomic E-state index is 0.415. The van der Waals surface area contributed by atoms with Crippen LogP contribution in [0.5, 0.6) is 0 Å². The highest BCUT2D eigenvalue weighted by atomic mass is 16.7. The van der Waals surface area contributed by atoms with E-state index in [-0.39, 0.29) is 0 Å². The van der Waals surface area contributed by atoms with Crippen molar-refractivity contribution in [2.45, 2.75) is 101 Å². The number of rotatable bonds is 11. The molecule has 8 nitrogen and oxygen atoms in total. The topological polar surface area (TPSA) is 140 Å². The molecule has 8 heteroatoms. The molecule has 0 aromatic carbocycles. The Bertz CT molecular complexity index is 537. The molecule has 1 aliphatic rings. The third-order valence-corrected chi connectivity index (χ3v) is 5.32. The Hall–Kier alpha value is -0.840. The molecule has 0 saturated carbocycles. The molecule has 170 valence electrons. The first kappa shape index (κ1) is 26.2. The quantitative estimate of drug-likeness (QED) is 0.265. The van der Waals surface area contributed by atoms with Crippen LogP contribution in [0.1, 0.15) is 53.4 Å². The first-order valence-electron chi connectivity index (χ1n) is 10.0. The fourth-order valence-electron chi connectivity index (χ4n) is 3.10. The summed E-state index contributed by atoms with van der Waals surface area (Å²) in [4.78, 5) is 0. The number of aliphatic hydroxyl groups excluding tert-OH is 4. The molecule has 1 aliphatic heterocycles. The molecule has 6 N–H and O–H groups in total. The molecular weight excluding hydrogens is 380 g/mol. The van der Waals surface area contributed by atoms with Gasteiger partial charge in [0.25, 0.3) is 0 Å². The lowest BCUT2D eigenvalue weighted by Crippen LogP contribution is -2.60. The second-order valence-corrected chi connectivity index (χ2v) is 8.66. The highest BCUT2D eigenvalue weighted by Crippen LogP contribution is 2.28. The van der Waals surface area contributed by atoms with Gasteiger partial charge in [0.15, 0.2) is 6.29 Å². The fraction of sp³-hybridized carbons (Fsp3) is 0.810. The molecule has 1 fully saturated rings. The summed E-state index contributed by atoms with van der Waals surface area (Å²) < 4.78 is 11.1. The van der Waals surface area contributed by atoms with E-state index in [0.29, 0.717) is 25.7 Å². The lowest BCUT2D eigenvalue weighted by molar-refractivity contribution is -0.322. The second-order valence-electron chi connectivity index (χ2n) is 8.66. The van der Waals surface area contributed by atoms with Crippen LogP contribution in [0.15, 0.2) is 24.3 Å². The molecule has 1 rings (SSSR count). The highest BCUT2D eigenvalue weighted by Gasteiger charge is 2.46. The van der Waals surface area contributed by atoms with Crippen LogP contribution < -0.4 is 0 Å². The van der Waals surface area contributed by atoms with E-state index in [0.717, 1.165) is 5.57 Å². The van der Waals surface area contributed by atoms with Crippen LogP contribution in [-0.2, 0) is 9.47 Å². The number of hydrogen-bond acceptors (Lipinski definition) is 8. The lowest BCUT2D eigenvalue weighted by Gasteiger charge is -2.42. The maximum atomic E-state index is 10.5. The van der Waals surface area contributed by atoms with Gasteiger partial charge in [0.2, 0.25) is 0 Å². The number of allylic oxidation sites excluding steroid dienone is 2. The highest BCUT2D eigenvalue weighted by molar-refractivity contribution is 5.02.